The van der Waals surface area contributed by atoms with Crippen LogP contribution in [0.15, 0.2) is 23.1 Å². The Balaban J connectivity index is 2.82. The van der Waals surface area contributed by atoms with Crippen LogP contribution in [-0.4, -0.2) is 27.7 Å². The lowest BCUT2D eigenvalue weighted by Crippen LogP contribution is -2.33. The fraction of sp³-hybridized carbons (Fsp3) is 0.500. The summed E-state index contributed by atoms with van der Waals surface area (Å²) in [4.78, 5) is -0.295. The fourth-order valence-electron chi connectivity index (χ4n) is 1.50. The third kappa shape index (κ3) is 6.21. The van der Waals surface area contributed by atoms with E-state index in [0.29, 0.717) is 12.1 Å². The summed E-state index contributed by atoms with van der Waals surface area (Å²) in [6.45, 7) is 1.62. The Labute approximate surface area is 126 Å². The van der Waals surface area contributed by atoms with Gasteiger partial charge in [0.15, 0.2) is 0 Å². The van der Waals surface area contributed by atoms with Gasteiger partial charge in [0.2, 0.25) is 10.0 Å². The summed E-state index contributed by atoms with van der Waals surface area (Å²) in [5.74, 6) is 0. The predicted molar refractivity (Wildman–Crippen MR) is 74.7 cm³/mol. The van der Waals surface area contributed by atoms with Crippen LogP contribution in [0, 0.1) is 0 Å². The largest absolute Gasteiger partial charge is 0.402 e. The van der Waals surface area contributed by atoms with Crippen LogP contribution in [0.1, 0.15) is 18.9 Å². The van der Waals surface area contributed by atoms with Gasteiger partial charge in [-0.2, -0.15) is 13.2 Å². The molecule has 0 saturated carbocycles. The molecule has 9 heteroatoms. The van der Waals surface area contributed by atoms with Crippen LogP contribution in [-0.2, 0) is 16.6 Å². The molecule has 0 unspecified atom stereocenters. The van der Waals surface area contributed by atoms with E-state index in [9.17, 15) is 21.6 Å². The van der Waals surface area contributed by atoms with Gasteiger partial charge in [-0.05, 0) is 30.7 Å². The van der Waals surface area contributed by atoms with Gasteiger partial charge in [0.25, 0.3) is 0 Å². The Kier molecular flexibility index (Phi) is 6.45. The van der Waals surface area contributed by atoms with Crippen molar-refractivity contribution in [1.82, 2.24) is 10.0 Å². The molecule has 120 valence electrons. The first-order valence-electron chi connectivity index (χ1n) is 6.21. The molecule has 0 spiro atoms. The molecular weight excluding hydrogens is 329 g/mol. The summed E-state index contributed by atoms with van der Waals surface area (Å²) in [5.41, 5.74) is 0.680. The molecule has 0 aliphatic rings. The van der Waals surface area contributed by atoms with E-state index in [4.69, 9.17) is 11.6 Å². The maximum atomic E-state index is 12.1. The second kappa shape index (κ2) is 7.44. The Bertz CT molecular complexity index is 576. The normalized spacial score (nSPS) is 12.6. The van der Waals surface area contributed by atoms with Crippen molar-refractivity contribution in [3.63, 3.8) is 0 Å². The summed E-state index contributed by atoms with van der Waals surface area (Å²) in [6, 6.07) is 3.85. The lowest BCUT2D eigenvalue weighted by molar-refractivity contribution is -0.121. The molecule has 0 aliphatic carbocycles. The molecule has 0 aromatic heterocycles. The minimum absolute atomic E-state index is 0.188. The molecule has 0 heterocycles. The zero-order chi connectivity index (χ0) is 16.1. The van der Waals surface area contributed by atoms with Crippen molar-refractivity contribution in [2.45, 2.75) is 31.0 Å². The third-order valence-corrected chi connectivity index (χ3v) is 4.29. The molecule has 0 atom stereocenters. The highest BCUT2D eigenvalue weighted by molar-refractivity contribution is 7.89. The molecule has 2 N–H and O–H groups in total. The SMILES string of the molecule is CCCNCc1ccc(S(=O)(=O)NCC(F)(F)F)cc1Cl. The zero-order valence-corrected chi connectivity index (χ0v) is 12.9. The number of hydrogen-bond donors (Lipinski definition) is 2. The van der Waals surface area contributed by atoms with E-state index < -0.39 is 22.7 Å². The highest BCUT2D eigenvalue weighted by Crippen LogP contribution is 2.21. The fourth-order valence-corrected chi connectivity index (χ4v) is 2.85. The van der Waals surface area contributed by atoms with Crippen LogP contribution < -0.4 is 10.0 Å². The van der Waals surface area contributed by atoms with Crippen molar-refractivity contribution in [3.8, 4) is 0 Å². The number of sulfonamides is 1. The maximum absolute atomic E-state index is 12.1. The standard InChI is InChI=1S/C12H16ClF3N2O2S/c1-2-5-17-7-9-3-4-10(6-11(9)13)21(19,20)18-8-12(14,15)16/h3-4,6,17-18H,2,5,7-8H2,1H3. The van der Waals surface area contributed by atoms with Crippen molar-refractivity contribution in [2.75, 3.05) is 13.1 Å². The summed E-state index contributed by atoms with van der Waals surface area (Å²) >= 11 is 5.95. The lowest BCUT2D eigenvalue weighted by atomic mass is 10.2. The van der Waals surface area contributed by atoms with Gasteiger partial charge in [0, 0.05) is 11.6 Å². The van der Waals surface area contributed by atoms with Gasteiger partial charge >= 0.3 is 6.18 Å². The van der Waals surface area contributed by atoms with Crippen molar-refractivity contribution in [2.24, 2.45) is 0 Å². The van der Waals surface area contributed by atoms with E-state index in [1.54, 1.807) is 0 Å². The molecule has 0 bridgehead atoms. The molecule has 0 amide bonds. The van der Waals surface area contributed by atoms with Crippen LogP contribution in [0.3, 0.4) is 0 Å². The average Bonchev–Trinajstić information content (AvgIpc) is 2.38. The van der Waals surface area contributed by atoms with E-state index in [0.717, 1.165) is 19.0 Å². The Morgan fingerprint density at radius 2 is 1.95 bits per heavy atom. The van der Waals surface area contributed by atoms with Gasteiger partial charge < -0.3 is 5.32 Å². The molecule has 1 aromatic carbocycles. The van der Waals surface area contributed by atoms with Crippen LogP contribution in [0.4, 0.5) is 13.2 Å². The quantitative estimate of drug-likeness (QED) is 0.748. The highest BCUT2D eigenvalue weighted by Gasteiger charge is 2.30. The topological polar surface area (TPSA) is 58.2 Å². The second-order valence-corrected chi connectivity index (χ2v) is 6.54. The van der Waals surface area contributed by atoms with Gasteiger partial charge in [0.05, 0.1) is 4.90 Å². The molecule has 0 aliphatic heterocycles. The minimum Gasteiger partial charge on any atom is -0.313 e. The van der Waals surface area contributed by atoms with E-state index in [1.165, 1.54) is 16.9 Å². The van der Waals surface area contributed by atoms with Crippen molar-refractivity contribution < 1.29 is 21.6 Å². The van der Waals surface area contributed by atoms with Crippen LogP contribution in [0.2, 0.25) is 5.02 Å². The monoisotopic (exact) mass is 344 g/mol. The molecule has 1 rings (SSSR count). The Hall–Kier alpha value is -0.830. The minimum atomic E-state index is -4.61. The average molecular weight is 345 g/mol. The molecule has 1 aromatic rings. The van der Waals surface area contributed by atoms with Gasteiger partial charge in [-0.25, -0.2) is 13.1 Å². The molecule has 4 nitrogen and oxygen atoms in total. The van der Waals surface area contributed by atoms with E-state index in [1.807, 2.05) is 6.92 Å². The van der Waals surface area contributed by atoms with Crippen molar-refractivity contribution in [1.29, 1.82) is 0 Å². The van der Waals surface area contributed by atoms with Gasteiger partial charge in [0.1, 0.15) is 6.54 Å². The molecule has 0 fully saturated rings. The maximum Gasteiger partial charge on any atom is 0.402 e. The first-order chi connectivity index (χ1) is 9.65. The van der Waals surface area contributed by atoms with E-state index in [2.05, 4.69) is 5.32 Å². The molecular formula is C12H16ClF3N2O2S. The summed E-state index contributed by atoms with van der Waals surface area (Å²) in [7, 11) is -4.23. The number of alkyl halides is 3. The highest BCUT2D eigenvalue weighted by atomic mass is 35.5. The third-order valence-electron chi connectivity index (χ3n) is 2.54. The lowest BCUT2D eigenvalue weighted by Gasteiger charge is -2.11. The van der Waals surface area contributed by atoms with Crippen LogP contribution in [0.5, 0.6) is 0 Å². The number of hydrogen-bond acceptors (Lipinski definition) is 3. The first kappa shape index (κ1) is 18.2. The predicted octanol–water partition coefficient (Wildman–Crippen LogP) is 2.68. The number of benzene rings is 1. The second-order valence-electron chi connectivity index (χ2n) is 4.37. The number of nitrogens with one attached hydrogen (secondary N) is 2. The van der Waals surface area contributed by atoms with E-state index >= 15 is 0 Å². The smallest absolute Gasteiger partial charge is 0.313 e. The Morgan fingerprint density at radius 3 is 2.48 bits per heavy atom. The molecule has 0 radical (unpaired) electrons. The van der Waals surface area contributed by atoms with Crippen molar-refractivity contribution >= 4 is 21.6 Å². The van der Waals surface area contributed by atoms with Gasteiger partial charge in [-0.15, -0.1) is 0 Å². The number of halogens is 4. The Morgan fingerprint density at radius 1 is 1.29 bits per heavy atom. The van der Waals surface area contributed by atoms with Crippen LogP contribution in [0.25, 0.3) is 0 Å². The molecule has 0 saturated heterocycles. The summed E-state index contributed by atoms with van der Waals surface area (Å²) in [6.07, 6.45) is -3.67. The van der Waals surface area contributed by atoms with Crippen molar-refractivity contribution in [3.05, 3.63) is 28.8 Å². The summed E-state index contributed by atoms with van der Waals surface area (Å²) < 4.78 is 61.1. The molecule has 21 heavy (non-hydrogen) atoms. The van der Waals surface area contributed by atoms with Crippen LogP contribution >= 0.6 is 11.6 Å². The van der Waals surface area contributed by atoms with E-state index in [-0.39, 0.29) is 9.92 Å². The van der Waals surface area contributed by atoms with Gasteiger partial charge in [-0.1, -0.05) is 24.6 Å². The zero-order valence-electron chi connectivity index (χ0n) is 11.3. The first-order valence-corrected chi connectivity index (χ1v) is 8.07. The number of rotatable bonds is 7. The van der Waals surface area contributed by atoms with Gasteiger partial charge in [-0.3, -0.25) is 0 Å². The summed E-state index contributed by atoms with van der Waals surface area (Å²) in [5, 5.41) is 3.29.